The third-order valence-corrected chi connectivity index (χ3v) is 8.46. The van der Waals surface area contributed by atoms with Crippen molar-refractivity contribution in [2.45, 2.75) is 158 Å². The number of carbonyl (C=O) groups is 1. The van der Waals surface area contributed by atoms with Gasteiger partial charge in [0.25, 0.3) is 0 Å². The van der Waals surface area contributed by atoms with Gasteiger partial charge in [-0.05, 0) is 100 Å². The van der Waals surface area contributed by atoms with Gasteiger partial charge in [0.1, 0.15) is 19.0 Å². The van der Waals surface area contributed by atoms with Gasteiger partial charge in [-0.2, -0.15) is 0 Å². The Morgan fingerprint density at radius 3 is 1.98 bits per heavy atom. The molecule has 42 heavy (non-hydrogen) atoms. The molecule has 2 fully saturated rings. The number of aliphatic imine (C=N–C) groups is 1. The van der Waals surface area contributed by atoms with E-state index >= 15 is 0 Å². The molecule has 2 aliphatic rings. The molecule has 6 heteroatoms. The molecule has 1 aromatic carbocycles. The molecule has 3 rings (SSSR count). The number of rotatable bonds is 16. The normalized spacial score (nSPS) is 21.1. The van der Waals surface area contributed by atoms with Crippen LogP contribution in [0.4, 0.5) is 4.79 Å². The smallest absolute Gasteiger partial charge is 0.407 e. The quantitative estimate of drug-likeness (QED) is 0.118. The molecule has 0 aliphatic heterocycles. The summed E-state index contributed by atoms with van der Waals surface area (Å²) in [6.45, 7) is 2.86. The highest BCUT2D eigenvalue weighted by Gasteiger charge is 2.27. The van der Waals surface area contributed by atoms with Gasteiger partial charge < -0.3 is 14.8 Å². The van der Waals surface area contributed by atoms with Crippen LogP contribution in [0.25, 0.3) is 0 Å². The van der Waals surface area contributed by atoms with Crippen molar-refractivity contribution < 1.29 is 19.1 Å². The van der Waals surface area contributed by atoms with Crippen molar-refractivity contribution in [2.75, 3.05) is 13.2 Å². The van der Waals surface area contributed by atoms with Gasteiger partial charge in [0.2, 0.25) is 6.08 Å². The predicted octanol–water partition coefficient (Wildman–Crippen LogP) is 10.5. The SMILES string of the molecule is C.C.C.C.CCCCCCCCCc1ccc(OCCOC(=O)NC2CCC(CC3CCC(N=C=O)CC3)CC2)cc1. The van der Waals surface area contributed by atoms with Gasteiger partial charge in [-0.1, -0.05) is 87.3 Å². The van der Waals surface area contributed by atoms with Crippen molar-refractivity contribution >= 4 is 12.2 Å². The minimum absolute atomic E-state index is 0. The number of isocyanates is 1. The first-order chi connectivity index (χ1) is 18.7. The summed E-state index contributed by atoms with van der Waals surface area (Å²) in [5.74, 6) is 2.32. The van der Waals surface area contributed by atoms with E-state index in [9.17, 15) is 9.59 Å². The lowest BCUT2D eigenvalue weighted by Gasteiger charge is -2.33. The first-order valence-corrected chi connectivity index (χ1v) is 15.4. The Hall–Kier alpha value is -2.33. The summed E-state index contributed by atoms with van der Waals surface area (Å²) >= 11 is 0. The highest BCUT2D eigenvalue weighted by Crippen LogP contribution is 2.36. The molecule has 1 amide bonds. The number of aryl methyl sites for hydroxylation is 1. The first-order valence-electron chi connectivity index (χ1n) is 15.4. The third-order valence-electron chi connectivity index (χ3n) is 8.46. The van der Waals surface area contributed by atoms with Gasteiger partial charge in [0.15, 0.2) is 0 Å². The Balaban J connectivity index is 0. The summed E-state index contributed by atoms with van der Waals surface area (Å²) in [6.07, 6.45) is 21.8. The van der Waals surface area contributed by atoms with Crippen LogP contribution in [0.5, 0.6) is 5.75 Å². The molecule has 0 saturated heterocycles. The molecule has 2 saturated carbocycles. The van der Waals surface area contributed by atoms with Crippen molar-refractivity contribution in [3.05, 3.63) is 29.8 Å². The fraction of sp³-hybridized carbons (Fsp3) is 0.778. The number of nitrogens with zero attached hydrogens (tertiary/aromatic N) is 1. The molecule has 0 radical (unpaired) electrons. The van der Waals surface area contributed by atoms with Crippen LogP contribution in [-0.2, 0) is 16.0 Å². The fourth-order valence-corrected chi connectivity index (χ4v) is 6.14. The molecule has 0 atom stereocenters. The summed E-state index contributed by atoms with van der Waals surface area (Å²) in [5.41, 5.74) is 1.35. The van der Waals surface area contributed by atoms with Crippen molar-refractivity contribution in [1.29, 1.82) is 0 Å². The standard InChI is InChI=1S/C32H50N2O4.4CH4/c1-2-3-4-5-6-7-8-9-26-14-20-31(21-15-26)37-22-23-38-32(36)34-30-18-12-28(13-19-30)24-27-10-16-29(17-11-27)33-25-35;;;;/h14-15,20-21,27-30H,2-13,16-19,22-24H2,1H3,(H,34,36);4*1H4. The third kappa shape index (κ3) is 16.9. The minimum Gasteiger partial charge on any atom is -0.490 e. The van der Waals surface area contributed by atoms with E-state index in [0.717, 1.165) is 62.5 Å². The molecular formula is C36H66N2O4. The topological polar surface area (TPSA) is 77.0 Å². The Labute approximate surface area is 259 Å². The number of hydrogen-bond donors (Lipinski definition) is 1. The van der Waals surface area contributed by atoms with E-state index in [1.165, 1.54) is 69.8 Å². The van der Waals surface area contributed by atoms with Gasteiger partial charge >= 0.3 is 6.09 Å². The van der Waals surface area contributed by atoms with Crippen molar-refractivity contribution in [3.8, 4) is 5.75 Å². The van der Waals surface area contributed by atoms with Crippen LogP contribution in [0.15, 0.2) is 29.3 Å². The zero-order valence-corrected chi connectivity index (χ0v) is 23.6. The van der Waals surface area contributed by atoms with E-state index in [4.69, 9.17) is 9.47 Å². The molecule has 0 aromatic heterocycles. The number of alkyl carbamates (subject to hydrolysis) is 1. The van der Waals surface area contributed by atoms with E-state index in [1.807, 2.05) is 12.1 Å². The molecule has 0 unspecified atom stereocenters. The van der Waals surface area contributed by atoms with Crippen LogP contribution in [0, 0.1) is 11.8 Å². The number of carbonyl (C=O) groups excluding carboxylic acids is 2. The minimum atomic E-state index is -0.337. The molecular weight excluding hydrogens is 524 g/mol. The Morgan fingerprint density at radius 2 is 1.38 bits per heavy atom. The maximum Gasteiger partial charge on any atom is 0.407 e. The number of ether oxygens (including phenoxy) is 2. The Bertz CT molecular complexity index is 821. The molecule has 1 N–H and O–H groups in total. The lowest BCUT2D eigenvalue weighted by atomic mass is 9.76. The maximum absolute atomic E-state index is 12.2. The highest BCUT2D eigenvalue weighted by atomic mass is 16.6. The maximum atomic E-state index is 12.2. The highest BCUT2D eigenvalue weighted by molar-refractivity contribution is 5.67. The summed E-state index contributed by atoms with van der Waals surface area (Å²) in [5, 5.41) is 3.04. The molecule has 2 aliphatic carbocycles. The van der Waals surface area contributed by atoms with Gasteiger partial charge in [-0.15, -0.1) is 0 Å². The number of unbranched alkanes of at least 4 members (excludes halogenated alkanes) is 6. The van der Waals surface area contributed by atoms with Crippen LogP contribution in [-0.4, -0.2) is 37.5 Å². The Morgan fingerprint density at radius 1 is 0.810 bits per heavy atom. The fourth-order valence-electron chi connectivity index (χ4n) is 6.14. The van der Waals surface area contributed by atoms with Gasteiger partial charge in [0, 0.05) is 6.04 Å². The van der Waals surface area contributed by atoms with Gasteiger partial charge in [-0.25, -0.2) is 14.6 Å². The largest absolute Gasteiger partial charge is 0.490 e. The summed E-state index contributed by atoms with van der Waals surface area (Å²) < 4.78 is 11.1. The second-order valence-corrected chi connectivity index (χ2v) is 11.5. The van der Waals surface area contributed by atoms with E-state index < -0.39 is 0 Å². The van der Waals surface area contributed by atoms with Crippen LogP contribution in [0.1, 0.15) is 145 Å². The van der Waals surface area contributed by atoms with Gasteiger partial charge in [-0.3, -0.25) is 0 Å². The second-order valence-electron chi connectivity index (χ2n) is 11.5. The first kappa shape index (κ1) is 41.8. The zero-order valence-electron chi connectivity index (χ0n) is 23.6. The number of amides is 1. The molecule has 0 heterocycles. The number of hydrogen-bond acceptors (Lipinski definition) is 5. The van der Waals surface area contributed by atoms with E-state index in [2.05, 4.69) is 29.4 Å². The second kappa shape index (κ2) is 25.2. The molecule has 6 nitrogen and oxygen atoms in total. The predicted molar refractivity (Wildman–Crippen MR) is 179 cm³/mol. The number of nitrogens with one attached hydrogen (secondary N) is 1. The Kier molecular flexibility index (Phi) is 25.1. The molecule has 0 spiro atoms. The average Bonchev–Trinajstić information content (AvgIpc) is 2.94. The van der Waals surface area contributed by atoms with E-state index in [0.29, 0.717) is 6.61 Å². The molecule has 244 valence electrons. The monoisotopic (exact) mass is 591 g/mol. The summed E-state index contributed by atoms with van der Waals surface area (Å²) in [6, 6.07) is 8.72. The molecule has 0 bridgehead atoms. The molecule has 1 aromatic rings. The van der Waals surface area contributed by atoms with Crippen LogP contribution in [0.3, 0.4) is 0 Å². The van der Waals surface area contributed by atoms with Crippen molar-refractivity contribution in [2.24, 2.45) is 16.8 Å². The average molecular weight is 591 g/mol. The van der Waals surface area contributed by atoms with Crippen LogP contribution in [0.2, 0.25) is 0 Å². The van der Waals surface area contributed by atoms with E-state index in [1.54, 1.807) is 6.08 Å². The lowest BCUT2D eigenvalue weighted by Crippen LogP contribution is -2.38. The lowest BCUT2D eigenvalue weighted by molar-refractivity contribution is 0.117. The van der Waals surface area contributed by atoms with Crippen LogP contribution >= 0.6 is 0 Å². The van der Waals surface area contributed by atoms with E-state index in [-0.39, 0.29) is 54.5 Å². The van der Waals surface area contributed by atoms with Crippen LogP contribution < -0.4 is 10.1 Å². The summed E-state index contributed by atoms with van der Waals surface area (Å²) in [7, 11) is 0. The summed E-state index contributed by atoms with van der Waals surface area (Å²) in [4.78, 5) is 26.6. The zero-order chi connectivity index (χ0) is 26.8. The number of benzene rings is 1. The van der Waals surface area contributed by atoms with Crippen molar-refractivity contribution in [1.82, 2.24) is 5.32 Å². The van der Waals surface area contributed by atoms with Gasteiger partial charge in [0.05, 0.1) is 6.04 Å². The van der Waals surface area contributed by atoms with Crippen molar-refractivity contribution in [3.63, 3.8) is 0 Å².